The van der Waals surface area contributed by atoms with Crippen LogP contribution in [0.15, 0.2) is 36.5 Å². The highest BCUT2D eigenvalue weighted by molar-refractivity contribution is 7.12. The summed E-state index contributed by atoms with van der Waals surface area (Å²) in [7, 11) is 0. The van der Waals surface area contributed by atoms with E-state index in [0.29, 0.717) is 11.3 Å². The molecular weight excluding hydrogens is 230 g/mol. The minimum absolute atomic E-state index is 0.490. The molecule has 2 rings (SSSR count). The largest absolute Gasteiger partial charge is 0.396 e. The second kappa shape index (κ2) is 4.81. The Morgan fingerprint density at radius 1 is 1.35 bits per heavy atom. The zero-order valence-corrected chi connectivity index (χ0v) is 10.2. The summed E-state index contributed by atoms with van der Waals surface area (Å²) in [5.74, 6) is 0. The molecule has 84 valence electrons. The lowest BCUT2D eigenvalue weighted by atomic mass is 10.0. The highest BCUT2D eigenvalue weighted by Crippen LogP contribution is 2.25. The van der Waals surface area contributed by atoms with Gasteiger partial charge in [0.25, 0.3) is 0 Å². The summed E-state index contributed by atoms with van der Waals surface area (Å²) >= 11 is 1.49. The molecule has 0 atom stereocenters. The first-order valence-electron chi connectivity index (χ1n) is 5.10. The number of nitriles is 1. The summed E-state index contributed by atoms with van der Waals surface area (Å²) in [6.45, 7) is 1.91. The van der Waals surface area contributed by atoms with Gasteiger partial charge in [0.05, 0.1) is 21.2 Å². The molecule has 0 bridgehead atoms. The molecule has 0 unspecified atom stereocenters. The Balaban J connectivity index is 2.52. The normalized spacial score (nSPS) is 11.8. The van der Waals surface area contributed by atoms with E-state index in [1.54, 1.807) is 6.20 Å². The molecule has 0 amide bonds. The molecule has 0 aliphatic carbocycles. The van der Waals surface area contributed by atoms with Gasteiger partial charge in [0.2, 0.25) is 0 Å². The number of aromatic nitrogens is 1. The highest BCUT2D eigenvalue weighted by atomic mass is 32.1. The third kappa shape index (κ3) is 2.35. The number of nitrogens with two attached hydrogens (primary N) is 1. The summed E-state index contributed by atoms with van der Waals surface area (Å²) in [4.78, 5) is 4.98. The van der Waals surface area contributed by atoms with Crippen LogP contribution >= 0.6 is 11.3 Å². The molecule has 3 nitrogen and oxygen atoms in total. The van der Waals surface area contributed by atoms with Crippen LogP contribution in [0.1, 0.15) is 15.4 Å². The van der Waals surface area contributed by atoms with Gasteiger partial charge in [-0.15, -0.1) is 11.3 Å². The summed E-state index contributed by atoms with van der Waals surface area (Å²) in [5, 5.41) is 10.2. The van der Waals surface area contributed by atoms with Crippen LogP contribution in [0.5, 0.6) is 0 Å². The predicted octanol–water partition coefficient (Wildman–Crippen LogP) is 2.80. The monoisotopic (exact) mass is 241 g/mol. The molecule has 17 heavy (non-hydrogen) atoms. The van der Waals surface area contributed by atoms with Crippen molar-refractivity contribution < 1.29 is 0 Å². The van der Waals surface area contributed by atoms with Crippen LogP contribution in [0.4, 0.5) is 0 Å². The van der Waals surface area contributed by atoms with E-state index in [9.17, 15) is 5.26 Å². The molecule has 2 aromatic rings. The van der Waals surface area contributed by atoms with Gasteiger partial charge >= 0.3 is 0 Å². The van der Waals surface area contributed by atoms with Crippen molar-refractivity contribution >= 4 is 22.6 Å². The number of hydrogen-bond donors (Lipinski definition) is 1. The smallest absolute Gasteiger partial charge is 0.102 e. The van der Waals surface area contributed by atoms with Crippen LogP contribution in [0.2, 0.25) is 0 Å². The zero-order chi connectivity index (χ0) is 12.3. The Kier molecular flexibility index (Phi) is 3.22. The maximum atomic E-state index is 9.21. The fraction of sp³-hybridized carbons (Fsp3) is 0.0769. The van der Waals surface area contributed by atoms with Gasteiger partial charge in [-0.25, -0.2) is 4.98 Å². The summed E-state index contributed by atoms with van der Waals surface area (Å²) < 4.78 is 0. The third-order valence-electron chi connectivity index (χ3n) is 2.33. The molecule has 1 aromatic heterocycles. The molecule has 4 heteroatoms. The molecule has 0 aliphatic rings. The van der Waals surface area contributed by atoms with Gasteiger partial charge in [-0.05, 0) is 12.5 Å². The Hall–Kier alpha value is -2.12. The molecule has 1 aromatic carbocycles. The lowest BCUT2D eigenvalue weighted by Gasteiger charge is -2.02. The summed E-state index contributed by atoms with van der Waals surface area (Å²) in [6, 6.07) is 11.6. The number of nitrogens with zero attached hydrogens (tertiary/aromatic N) is 2. The fourth-order valence-electron chi connectivity index (χ4n) is 1.49. The summed E-state index contributed by atoms with van der Waals surface area (Å²) in [6.07, 6.45) is 1.70. The Bertz CT molecular complexity index is 591. The fourth-order valence-corrected chi connectivity index (χ4v) is 2.24. The van der Waals surface area contributed by atoms with Crippen molar-refractivity contribution in [1.82, 2.24) is 4.98 Å². The van der Waals surface area contributed by atoms with E-state index in [-0.39, 0.29) is 0 Å². The van der Waals surface area contributed by atoms with Crippen molar-refractivity contribution in [2.75, 3.05) is 0 Å². The average molecular weight is 241 g/mol. The van der Waals surface area contributed by atoms with Crippen molar-refractivity contribution in [3.05, 3.63) is 52.0 Å². The van der Waals surface area contributed by atoms with Crippen molar-refractivity contribution in [2.24, 2.45) is 5.73 Å². The highest BCUT2D eigenvalue weighted by Gasteiger charge is 2.10. The van der Waals surface area contributed by atoms with Gasteiger partial charge in [0.1, 0.15) is 6.07 Å². The first kappa shape index (κ1) is 11.4. The number of thiazole rings is 1. The van der Waals surface area contributed by atoms with E-state index in [2.05, 4.69) is 11.1 Å². The van der Waals surface area contributed by atoms with Crippen molar-refractivity contribution in [1.29, 1.82) is 5.26 Å². The van der Waals surface area contributed by atoms with Crippen LogP contribution in [0, 0.1) is 18.3 Å². The van der Waals surface area contributed by atoms with Crippen LogP contribution in [-0.2, 0) is 0 Å². The van der Waals surface area contributed by atoms with Crippen LogP contribution in [0.25, 0.3) is 11.3 Å². The van der Waals surface area contributed by atoms with Crippen molar-refractivity contribution in [3.63, 3.8) is 0 Å². The SMILES string of the molecule is Cc1ncc(/C(N)=C(/C#N)c2ccccc2)s1. The first-order valence-corrected chi connectivity index (χ1v) is 5.92. The maximum Gasteiger partial charge on any atom is 0.102 e. The van der Waals surface area contributed by atoms with Gasteiger partial charge in [-0.2, -0.15) is 5.26 Å². The molecule has 0 spiro atoms. The Morgan fingerprint density at radius 3 is 2.59 bits per heavy atom. The predicted molar refractivity (Wildman–Crippen MR) is 69.9 cm³/mol. The summed E-state index contributed by atoms with van der Waals surface area (Å²) in [5.41, 5.74) is 7.84. The van der Waals surface area contributed by atoms with Crippen molar-refractivity contribution in [3.8, 4) is 6.07 Å². The molecule has 0 saturated carbocycles. The minimum atomic E-state index is 0.490. The molecule has 2 N–H and O–H groups in total. The van der Waals surface area contributed by atoms with Crippen LogP contribution in [0.3, 0.4) is 0 Å². The van der Waals surface area contributed by atoms with Crippen LogP contribution in [-0.4, -0.2) is 4.98 Å². The number of benzene rings is 1. The molecule has 0 aliphatic heterocycles. The number of rotatable bonds is 2. The Morgan fingerprint density at radius 2 is 2.06 bits per heavy atom. The van der Waals surface area contributed by atoms with Crippen LogP contribution < -0.4 is 5.73 Å². The van der Waals surface area contributed by atoms with E-state index in [1.807, 2.05) is 37.3 Å². The topological polar surface area (TPSA) is 62.7 Å². The lowest BCUT2D eigenvalue weighted by molar-refractivity contribution is 1.29. The van der Waals surface area contributed by atoms with Gasteiger partial charge < -0.3 is 5.73 Å². The van der Waals surface area contributed by atoms with Gasteiger partial charge in [-0.3, -0.25) is 0 Å². The van der Waals surface area contributed by atoms with E-state index in [0.717, 1.165) is 15.4 Å². The van der Waals surface area contributed by atoms with E-state index in [4.69, 9.17) is 5.73 Å². The van der Waals surface area contributed by atoms with E-state index in [1.165, 1.54) is 11.3 Å². The minimum Gasteiger partial charge on any atom is -0.396 e. The third-order valence-corrected chi connectivity index (χ3v) is 3.28. The zero-order valence-electron chi connectivity index (χ0n) is 9.34. The number of allylic oxidation sites excluding steroid dienone is 1. The number of hydrogen-bond acceptors (Lipinski definition) is 4. The molecular formula is C13H11N3S. The van der Waals surface area contributed by atoms with E-state index < -0.39 is 0 Å². The second-order valence-corrected chi connectivity index (χ2v) is 4.74. The quantitative estimate of drug-likeness (QED) is 0.822. The van der Waals surface area contributed by atoms with Gasteiger partial charge in [0, 0.05) is 6.20 Å². The molecule has 0 radical (unpaired) electrons. The Labute approximate surface area is 104 Å². The van der Waals surface area contributed by atoms with Gasteiger partial charge in [-0.1, -0.05) is 30.3 Å². The van der Waals surface area contributed by atoms with Gasteiger partial charge in [0.15, 0.2) is 0 Å². The molecule has 1 heterocycles. The second-order valence-electron chi connectivity index (χ2n) is 3.51. The van der Waals surface area contributed by atoms with E-state index >= 15 is 0 Å². The standard InChI is InChI=1S/C13H11N3S/c1-9-16-8-12(17-9)13(15)11(7-14)10-5-3-2-4-6-10/h2-6,8H,15H2,1H3/b13-11+. The average Bonchev–Trinajstić information content (AvgIpc) is 2.78. The van der Waals surface area contributed by atoms with Crippen molar-refractivity contribution in [2.45, 2.75) is 6.92 Å². The number of aryl methyl sites for hydroxylation is 1. The molecule has 0 saturated heterocycles. The first-order chi connectivity index (χ1) is 8.22. The maximum absolute atomic E-state index is 9.21. The lowest BCUT2D eigenvalue weighted by Crippen LogP contribution is -1.98. The molecule has 0 fully saturated rings.